The van der Waals surface area contributed by atoms with Gasteiger partial charge in [0.2, 0.25) is 0 Å². The predicted octanol–water partition coefficient (Wildman–Crippen LogP) is 2.67. The fourth-order valence-electron chi connectivity index (χ4n) is 2.48. The van der Waals surface area contributed by atoms with E-state index in [1.54, 1.807) is 0 Å². The SMILES string of the molecule is CC(Nc1c([N+](=O)[O-])ccc(F)c1F)C1CCCNC1. The molecule has 2 atom stereocenters. The van der Waals surface area contributed by atoms with Crippen molar-refractivity contribution in [2.75, 3.05) is 18.4 Å². The number of nitrogens with zero attached hydrogens (tertiary/aromatic N) is 1. The van der Waals surface area contributed by atoms with Crippen LogP contribution in [0, 0.1) is 27.7 Å². The molecule has 5 nitrogen and oxygen atoms in total. The molecule has 1 heterocycles. The lowest BCUT2D eigenvalue weighted by atomic mass is 9.92. The average molecular weight is 285 g/mol. The molecule has 0 bridgehead atoms. The van der Waals surface area contributed by atoms with Crippen molar-refractivity contribution in [2.24, 2.45) is 5.92 Å². The molecule has 0 amide bonds. The molecule has 0 aliphatic carbocycles. The molecule has 110 valence electrons. The van der Waals surface area contributed by atoms with Crippen LogP contribution >= 0.6 is 0 Å². The third-order valence-corrected chi connectivity index (χ3v) is 3.68. The van der Waals surface area contributed by atoms with Crippen LogP contribution < -0.4 is 10.6 Å². The fraction of sp³-hybridized carbons (Fsp3) is 0.538. The van der Waals surface area contributed by atoms with Crippen molar-refractivity contribution in [1.82, 2.24) is 5.32 Å². The van der Waals surface area contributed by atoms with Crippen LogP contribution in [0.3, 0.4) is 0 Å². The van der Waals surface area contributed by atoms with Crippen LogP contribution in [-0.2, 0) is 0 Å². The highest BCUT2D eigenvalue weighted by Gasteiger charge is 2.26. The highest BCUT2D eigenvalue weighted by Crippen LogP contribution is 2.31. The third kappa shape index (κ3) is 3.04. The standard InChI is InChI=1S/C13H17F2N3O2/c1-8(9-3-2-6-16-7-9)17-13-11(18(19)20)5-4-10(14)12(13)15/h4-5,8-9,16-17H,2-3,6-7H2,1H3. The lowest BCUT2D eigenvalue weighted by Crippen LogP contribution is -2.39. The maximum Gasteiger partial charge on any atom is 0.295 e. The van der Waals surface area contributed by atoms with Gasteiger partial charge in [0, 0.05) is 12.1 Å². The van der Waals surface area contributed by atoms with Crippen LogP contribution in [0.15, 0.2) is 12.1 Å². The summed E-state index contributed by atoms with van der Waals surface area (Å²) in [5, 5.41) is 16.9. The Morgan fingerprint density at radius 3 is 2.85 bits per heavy atom. The molecule has 20 heavy (non-hydrogen) atoms. The smallest absolute Gasteiger partial charge is 0.295 e. The number of hydrogen-bond acceptors (Lipinski definition) is 4. The van der Waals surface area contributed by atoms with Gasteiger partial charge in [-0.05, 0) is 44.8 Å². The van der Waals surface area contributed by atoms with E-state index in [0.29, 0.717) is 0 Å². The van der Waals surface area contributed by atoms with Gasteiger partial charge >= 0.3 is 0 Å². The molecule has 1 aliphatic rings. The summed E-state index contributed by atoms with van der Waals surface area (Å²) in [4.78, 5) is 10.2. The number of benzene rings is 1. The van der Waals surface area contributed by atoms with E-state index in [1.807, 2.05) is 6.92 Å². The van der Waals surface area contributed by atoms with E-state index >= 15 is 0 Å². The molecule has 7 heteroatoms. The minimum Gasteiger partial charge on any atom is -0.374 e. The third-order valence-electron chi connectivity index (χ3n) is 3.68. The van der Waals surface area contributed by atoms with E-state index in [9.17, 15) is 18.9 Å². The minimum atomic E-state index is -1.20. The lowest BCUT2D eigenvalue weighted by Gasteiger charge is -2.29. The molecule has 1 aromatic carbocycles. The monoisotopic (exact) mass is 285 g/mol. The highest BCUT2D eigenvalue weighted by atomic mass is 19.2. The first-order valence-corrected chi connectivity index (χ1v) is 6.60. The van der Waals surface area contributed by atoms with Crippen molar-refractivity contribution in [3.63, 3.8) is 0 Å². The van der Waals surface area contributed by atoms with Crippen LogP contribution in [0.5, 0.6) is 0 Å². The molecule has 0 aromatic heterocycles. The Morgan fingerprint density at radius 1 is 1.50 bits per heavy atom. The minimum absolute atomic E-state index is 0.183. The van der Waals surface area contributed by atoms with Gasteiger partial charge in [-0.2, -0.15) is 0 Å². The first-order valence-electron chi connectivity index (χ1n) is 6.60. The lowest BCUT2D eigenvalue weighted by molar-refractivity contribution is -0.384. The normalized spacial score (nSPS) is 20.4. The average Bonchev–Trinajstić information content (AvgIpc) is 2.44. The Hall–Kier alpha value is -1.76. The van der Waals surface area contributed by atoms with E-state index in [1.165, 1.54) is 0 Å². The Morgan fingerprint density at radius 2 is 2.25 bits per heavy atom. The summed E-state index contributed by atoms with van der Waals surface area (Å²) in [6.07, 6.45) is 1.95. The van der Waals surface area contributed by atoms with Gasteiger partial charge in [-0.15, -0.1) is 0 Å². The second-order valence-electron chi connectivity index (χ2n) is 5.05. The number of halogens is 2. The zero-order chi connectivity index (χ0) is 14.7. The number of nitro groups is 1. The number of hydrogen-bond donors (Lipinski definition) is 2. The van der Waals surface area contributed by atoms with Gasteiger partial charge in [0.05, 0.1) is 4.92 Å². The molecular formula is C13H17F2N3O2. The second kappa shape index (κ2) is 6.13. The predicted molar refractivity (Wildman–Crippen MR) is 71.7 cm³/mol. The largest absolute Gasteiger partial charge is 0.374 e. The van der Waals surface area contributed by atoms with Crippen molar-refractivity contribution in [3.05, 3.63) is 33.9 Å². The van der Waals surface area contributed by atoms with Crippen LogP contribution in [0.2, 0.25) is 0 Å². The van der Waals surface area contributed by atoms with Gasteiger partial charge in [0.15, 0.2) is 17.3 Å². The number of piperidine rings is 1. The molecule has 1 aromatic rings. The fourth-order valence-corrected chi connectivity index (χ4v) is 2.48. The van der Waals surface area contributed by atoms with Gasteiger partial charge in [-0.3, -0.25) is 10.1 Å². The maximum absolute atomic E-state index is 13.8. The van der Waals surface area contributed by atoms with Crippen LogP contribution in [0.4, 0.5) is 20.2 Å². The molecule has 0 saturated carbocycles. The van der Waals surface area contributed by atoms with Crippen LogP contribution in [0.25, 0.3) is 0 Å². The van der Waals surface area contributed by atoms with E-state index in [-0.39, 0.29) is 17.6 Å². The first kappa shape index (κ1) is 14.6. The second-order valence-corrected chi connectivity index (χ2v) is 5.05. The van der Waals surface area contributed by atoms with Crippen LogP contribution in [0.1, 0.15) is 19.8 Å². The van der Waals surface area contributed by atoms with Gasteiger partial charge in [0.25, 0.3) is 5.69 Å². The summed E-state index contributed by atoms with van der Waals surface area (Å²) in [6, 6.07) is 1.57. The van der Waals surface area contributed by atoms with Gasteiger partial charge in [-0.25, -0.2) is 8.78 Å². The first-order chi connectivity index (χ1) is 9.50. The zero-order valence-corrected chi connectivity index (χ0v) is 11.2. The van der Waals surface area contributed by atoms with Crippen molar-refractivity contribution in [1.29, 1.82) is 0 Å². The number of nitrogens with one attached hydrogen (secondary N) is 2. The summed E-state index contributed by atoms with van der Waals surface area (Å²) in [7, 11) is 0. The summed E-state index contributed by atoms with van der Waals surface area (Å²) in [5.41, 5.74) is -0.812. The highest BCUT2D eigenvalue weighted by molar-refractivity contribution is 5.63. The Bertz CT molecular complexity index is 505. The zero-order valence-electron chi connectivity index (χ0n) is 11.2. The molecule has 2 unspecified atom stereocenters. The van der Waals surface area contributed by atoms with Crippen molar-refractivity contribution in [3.8, 4) is 0 Å². The Kier molecular flexibility index (Phi) is 4.49. The molecule has 1 aliphatic heterocycles. The molecule has 1 saturated heterocycles. The summed E-state index contributed by atoms with van der Waals surface area (Å²) in [6.45, 7) is 3.53. The Balaban J connectivity index is 2.22. The van der Waals surface area contributed by atoms with Crippen LogP contribution in [-0.4, -0.2) is 24.1 Å². The molecule has 2 rings (SSSR count). The summed E-state index contributed by atoms with van der Waals surface area (Å²) in [5.74, 6) is -2.06. The maximum atomic E-state index is 13.8. The van der Waals surface area contributed by atoms with Crippen molar-refractivity contribution in [2.45, 2.75) is 25.8 Å². The van der Waals surface area contributed by atoms with Crippen molar-refractivity contribution < 1.29 is 13.7 Å². The molecule has 0 spiro atoms. The molecule has 2 N–H and O–H groups in total. The van der Waals surface area contributed by atoms with Gasteiger partial charge in [-0.1, -0.05) is 0 Å². The van der Waals surface area contributed by atoms with Crippen molar-refractivity contribution >= 4 is 11.4 Å². The van der Waals surface area contributed by atoms with E-state index in [4.69, 9.17) is 0 Å². The molecular weight excluding hydrogens is 268 g/mol. The molecule has 0 radical (unpaired) electrons. The summed E-state index contributed by atoms with van der Waals surface area (Å²) >= 11 is 0. The van der Waals surface area contributed by atoms with E-state index in [2.05, 4.69) is 10.6 Å². The topological polar surface area (TPSA) is 67.2 Å². The number of anilines is 1. The van der Waals surface area contributed by atoms with Gasteiger partial charge in [0.1, 0.15) is 0 Å². The Labute approximate surface area is 115 Å². The summed E-state index contributed by atoms with van der Waals surface area (Å²) < 4.78 is 27.1. The number of rotatable bonds is 4. The number of nitro benzene ring substituents is 1. The van der Waals surface area contributed by atoms with E-state index < -0.39 is 22.2 Å². The van der Waals surface area contributed by atoms with E-state index in [0.717, 1.165) is 38.1 Å². The quantitative estimate of drug-likeness (QED) is 0.659. The molecule has 1 fully saturated rings. The van der Waals surface area contributed by atoms with Gasteiger partial charge < -0.3 is 10.6 Å².